The third-order valence-electron chi connectivity index (χ3n) is 4.37. The lowest BCUT2D eigenvalue weighted by atomic mass is 9.96. The summed E-state index contributed by atoms with van der Waals surface area (Å²) < 4.78 is 19.1. The van der Waals surface area contributed by atoms with Crippen molar-refractivity contribution in [1.29, 1.82) is 0 Å². The molecule has 2 aromatic rings. The molecule has 1 aromatic heterocycles. The topological polar surface area (TPSA) is 54.4 Å². The Hall–Kier alpha value is -1.50. The van der Waals surface area contributed by atoms with Gasteiger partial charge in [0.05, 0.1) is 12.3 Å². The van der Waals surface area contributed by atoms with E-state index in [0.717, 1.165) is 41.5 Å². The summed E-state index contributed by atoms with van der Waals surface area (Å²) in [6.07, 6.45) is 3.02. The van der Waals surface area contributed by atoms with Crippen molar-refractivity contribution >= 4 is 11.3 Å². The first-order valence-corrected chi connectivity index (χ1v) is 9.17. The van der Waals surface area contributed by atoms with Crippen LogP contribution in [0.2, 0.25) is 0 Å². The number of ether oxygens (including phenoxy) is 1. The zero-order valence-electron chi connectivity index (χ0n) is 13.8. The number of benzene rings is 1. The number of nitrogens with zero attached hydrogens (tertiary/aromatic N) is 1. The van der Waals surface area contributed by atoms with Crippen LogP contribution in [0.5, 0.6) is 5.75 Å². The van der Waals surface area contributed by atoms with E-state index >= 15 is 0 Å². The number of halogens is 1. The highest BCUT2D eigenvalue weighted by Gasteiger charge is 2.33. The molecule has 2 heterocycles. The average molecular weight is 350 g/mol. The van der Waals surface area contributed by atoms with Crippen molar-refractivity contribution in [3.8, 4) is 5.75 Å². The zero-order chi connectivity index (χ0) is 17.0. The number of aryl methyl sites for hydroxylation is 1. The van der Waals surface area contributed by atoms with Gasteiger partial charge in [-0.05, 0) is 51.4 Å². The van der Waals surface area contributed by atoms with Crippen LogP contribution in [0, 0.1) is 12.7 Å². The third kappa shape index (κ3) is 3.94. The molecule has 0 bridgehead atoms. The number of thiazole rings is 1. The molecule has 1 saturated heterocycles. The molecule has 0 unspecified atom stereocenters. The van der Waals surface area contributed by atoms with Gasteiger partial charge in [0.2, 0.25) is 0 Å². The van der Waals surface area contributed by atoms with Crippen molar-refractivity contribution in [1.82, 2.24) is 10.3 Å². The first kappa shape index (κ1) is 17.3. The van der Waals surface area contributed by atoms with Crippen molar-refractivity contribution in [2.45, 2.75) is 38.2 Å². The van der Waals surface area contributed by atoms with Crippen molar-refractivity contribution in [3.63, 3.8) is 0 Å². The van der Waals surface area contributed by atoms with Crippen LogP contribution in [0.3, 0.4) is 0 Å². The van der Waals surface area contributed by atoms with E-state index < -0.39 is 5.60 Å². The first-order valence-electron chi connectivity index (χ1n) is 8.36. The smallest absolute Gasteiger partial charge is 0.165 e. The molecule has 2 N–H and O–H groups in total. The lowest BCUT2D eigenvalue weighted by Crippen LogP contribution is -2.27. The fourth-order valence-electron chi connectivity index (χ4n) is 2.94. The summed E-state index contributed by atoms with van der Waals surface area (Å²) in [5, 5.41) is 15.0. The number of aromatic nitrogens is 1. The van der Waals surface area contributed by atoms with Gasteiger partial charge in [0, 0.05) is 11.3 Å². The summed E-state index contributed by atoms with van der Waals surface area (Å²) >= 11 is 1.55. The molecule has 1 aliphatic heterocycles. The average Bonchev–Trinajstić information content (AvgIpc) is 2.79. The van der Waals surface area contributed by atoms with Crippen LogP contribution in [-0.4, -0.2) is 29.8 Å². The van der Waals surface area contributed by atoms with E-state index in [1.165, 1.54) is 6.07 Å². The largest absolute Gasteiger partial charge is 0.490 e. The Morgan fingerprint density at radius 1 is 1.33 bits per heavy atom. The van der Waals surface area contributed by atoms with E-state index in [1.807, 2.05) is 6.92 Å². The number of rotatable bonds is 5. The number of hydrogen-bond donors (Lipinski definition) is 2. The second-order valence-corrected chi connectivity index (χ2v) is 7.28. The van der Waals surface area contributed by atoms with Crippen molar-refractivity contribution < 1.29 is 14.2 Å². The lowest BCUT2D eigenvalue weighted by molar-refractivity contribution is 0.0237. The minimum Gasteiger partial charge on any atom is -0.490 e. The molecule has 1 atom stereocenters. The van der Waals surface area contributed by atoms with Gasteiger partial charge in [-0.25, -0.2) is 9.37 Å². The van der Waals surface area contributed by atoms with Gasteiger partial charge in [0.1, 0.15) is 10.6 Å². The Bertz CT molecular complexity index is 681. The summed E-state index contributed by atoms with van der Waals surface area (Å²) in [6, 6.07) is 6.41. The Kier molecular flexibility index (Phi) is 5.48. The maximum absolute atomic E-state index is 13.6. The van der Waals surface area contributed by atoms with Gasteiger partial charge in [-0.15, -0.1) is 11.3 Å². The van der Waals surface area contributed by atoms with Crippen molar-refractivity contribution in [2.75, 3.05) is 19.7 Å². The summed E-state index contributed by atoms with van der Waals surface area (Å²) in [5.41, 5.74) is 0.0987. The van der Waals surface area contributed by atoms with Crippen LogP contribution in [0.25, 0.3) is 0 Å². The number of para-hydroxylation sites is 1. The standard InChI is InChI=1S/C18H23FN2O2S/c1-13-16(7-12-23-15-6-3-2-5-14(15)19)24-17(21-13)18(22)8-4-10-20-11-9-18/h2-3,5-6,20,22H,4,7-12H2,1H3/t18-/m0/s1. The molecule has 1 aliphatic rings. The van der Waals surface area contributed by atoms with Gasteiger partial charge in [-0.3, -0.25) is 0 Å². The monoisotopic (exact) mass is 350 g/mol. The van der Waals surface area contributed by atoms with Crippen LogP contribution in [-0.2, 0) is 12.0 Å². The van der Waals surface area contributed by atoms with E-state index in [9.17, 15) is 9.50 Å². The van der Waals surface area contributed by atoms with Crippen molar-refractivity contribution in [2.24, 2.45) is 0 Å². The Morgan fingerprint density at radius 2 is 2.17 bits per heavy atom. The number of nitrogens with one attached hydrogen (secondary N) is 1. The molecular formula is C18H23FN2O2S. The Balaban J connectivity index is 1.65. The van der Waals surface area contributed by atoms with Gasteiger partial charge < -0.3 is 15.2 Å². The van der Waals surface area contributed by atoms with E-state index in [4.69, 9.17) is 4.74 Å². The van der Waals surface area contributed by atoms with Gasteiger partial charge >= 0.3 is 0 Å². The molecule has 0 radical (unpaired) electrons. The Labute approximate surface area is 145 Å². The molecule has 24 heavy (non-hydrogen) atoms. The fraction of sp³-hybridized carbons (Fsp3) is 0.500. The highest BCUT2D eigenvalue weighted by molar-refractivity contribution is 7.11. The van der Waals surface area contributed by atoms with Crippen LogP contribution in [0.1, 0.15) is 34.8 Å². The molecule has 0 amide bonds. The normalized spacial score (nSPS) is 21.5. The van der Waals surface area contributed by atoms with Gasteiger partial charge in [0.15, 0.2) is 11.6 Å². The van der Waals surface area contributed by atoms with E-state index in [1.54, 1.807) is 29.5 Å². The maximum atomic E-state index is 13.6. The molecule has 4 nitrogen and oxygen atoms in total. The predicted octanol–water partition coefficient (Wildman–Crippen LogP) is 3.17. The zero-order valence-corrected chi connectivity index (χ0v) is 14.7. The van der Waals surface area contributed by atoms with Gasteiger partial charge in [-0.2, -0.15) is 0 Å². The maximum Gasteiger partial charge on any atom is 0.165 e. The minimum atomic E-state index is -0.830. The fourth-order valence-corrected chi connectivity index (χ4v) is 4.13. The predicted molar refractivity (Wildman–Crippen MR) is 93.1 cm³/mol. The molecule has 0 aliphatic carbocycles. The molecular weight excluding hydrogens is 327 g/mol. The molecule has 6 heteroatoms. The van der Waals surface area contributed by atoms with Gasteiger partial charge in [-0.1, -0.05) is 12.1 Å². The third-order valence-corrected chi connectivity index (χ3v) is 5.78. The molecule has 1 aromatic carbocycles. The summed E-state index contributed by atoms with van der Waals surface area (Å²) in [7, 11) is 0. The molecule has 130 valence electrons. The second-order valence-electron chi connectivity index (χ2n) is 6.19. The first-order chi connectivity index (χ1) is 11.6. The van der Waals surface area contributed by atoms with Crippen LogP contribution < -0.4 is 10.1 Å². The lowest BCUT2D eigenvalue weighted by Gasteiger charge is -2.23. The number of hydrogen-bond acceptors (Lipinski definition) is 5. The summed E-state index contributed by atoms with van der Waals surface area (Å²) in [6.45, 7) is 4.09. The van der Waals surface area contributed by atoms with E-state index in [2.05, 4.69) is 10.3 Å². The van der Waals surface area contributed by atoms with Crippen LogP contribution >= 0.6 is 11.3 Å². The quantitative estimate of drug-likeness (QED) is 0.870. The van der Waals surface area contributed by atoms with Crippen LogP contribution in [0.4, 0.5) is 4.39 Å². The van der Waals surface area contributed by atoms with E-state index in [0.29, 0.717) is 19.4 Å². The molecule has 0 spiro atoms. The summed E-state index contributed by atoms with van der Waals surface area (Å²) in [4.78, 5) is 5.69. The van der Waals surface area contributed by atoms with Crippen molar-refractivity contribution in [3.05, 3.63) is 45.7 Å². The molecule has 3 rings (SSSR count). The van der Waals surface area contributed by atoms with Gasteiger partial charge in [0.25, 0.3) is 0 Å². The van der Waals surface area contributed by atoms with E-state index in [-0.39, 0.29) is 11.6 Å². The highest BCUT2D eigenvalue weighted by Crippen LogP contribution is 2.35. The number of aliphatic hydroxyl groups is 1. The summed E-state index contributed by atoms with van der Waals surface area (Å²) in [5.74, 6) is -0.0761. The highest BCUT2D eigenvalue weighted by atomic mass is 32.1. The second kappa shape index (κ2) is 7.59. The molecule has 1 fully saturated rings. The molecule has 0 saturated carbocycles. The Morgan fingerprint density at radius 3 is 3.00 bits per heavy atom. The SMILES string of the molecule is Cc1nc([C@]2(O)CCCNCC2)sc1CCOc1ccccc1F. The minimum absolute atomic E-state index is 0.272. The van der Waals surface area contributed by atoms with Crippen LogP contribution in [0.15, 0.2) is 24.3 Å².